The molecule has 2 amide bonds. The SMILES string of the molecule is CC(C)CC(C(N)=O)N(C)C(=O)c1ccc(C(=O)c2ccccc2)cc1. The number of carbonyl (C=O) groups is 3. The standard InChI is InChI=1S/C21H24N2O3/c1-14(2)13-18(20(22)25)23(3)21(26)17-11-9-16(10-12-17)19(24)15-7-5-4-6-8-15/h4-12,14,18H,13H2,1-3H3,(H2,22,25). The number of primary amides is 1. The average Bonchev–Trinajstić information content (AvgIpc) is 2.65. The van der Waals surface area contributed by atoms with Crippen molar-refractivity contribution in [2.24, 2.45) is 11.7 Å². The van der Waals surface area contributed by atoms with Gasteiger partial charge in [0.1, 0.15) is 6.04 Å². The Morgan fingerprint density at radius 3 is 1.88 bits per heavy atom. The van der Waals surface area contributed by atoms with Gasteiger partial charge in [-0.3, -0.25) is 14.4 Å². The van der Waals surface area contributed by atoms with Crippen LogP contribution in [0.3, 0.4) is 0 Å². The zero-order valence-corrected chi connectivity index (χ0v) is 15.3. The number of likely N-dealkylation sites (N-methyl/N-ethyl adjacent to an activating group) is 1. The molecule has 2 rings (SSSR count). The van der Waals surface area contributed by atoms with Crippen LogP contribution in [0, 0.1) is 5.92 Å². The number of rotatable bonds is 7. The molecule has 1 atom stereocenters. The van der Waals surface area contributed by atoms with E-state index >= 15 is 0 Å². The van der Waals surface area contributed by atoms with Gasteiger partial charge in [-0.2, -0.15) is 0 Å². The number of benzene rings is 2. The van der Waals surface area contributed by atoms with E-state index in [1.165, 1.54) is 4.90 Å². The van der Waals surface area contributed by atoms with Crippen molar-refractivity contribution in [1.82, 2.24) is 4.90 Å². The van der Waals surface area contributed by atoms with Crippen LogP contribution in [0.5, 0.6) is 0 Å². The zero-order valence-electron chi connectivity index (χ0n) is 15.3. The second-order valence-corrected chi connectivity index (χ2v) is 6.74. The van der Waals surface area contributed by atoms with E-state index in [-0.39, 0.29) is 17.6 Å². The lowest BCUT2D eigenvalue weighted by Crippen LogP contribution is -2.46. The van der Waals surface area contributed by atoms with Crippen LogP contribution in [0.1, 0.15) is 46.5 Å². The molecule has 2 aromatic carbocycles. The fourth-order valence-corrected chi connectivity index (χ4v) is 2.78. The molecule has 1 unspecified atom stereocenters. The lowest BCUT2D eigenvalue weighted by Gasteiger charge is -2.27. The minimum atomic E-state index is -0.659. The molecule has 0 spiro atoms. The number of hydrogen-bond donors (Lipinski definition) is 1. The number of ketones is 1. The van der Waals surface area contributed by atoms with Crippen LogP contribution in [-0.4, -0.2) is 35.6 Å². The van der Waals surface area contributed by atoms with Gasteiger partial charge in [0.25, 0.3) is 5.91 Å². The topological polar surface area (TPSA) is 80.5 Å². The summed E-state index contributed by atoms with van der Waals surface area (Å²) in [5, 5.41) is 0. The summed E-state index contributed by atoms with van der Waals surface area (Å²) in [5.74, 6) is -0.694. The largest absolute Gasteiger partial charge is 0.368 e. The van der Waals surface area contributed by atoms with Crippen molar-refractivity contribution >= 4 is 17.6 Å². The Kier molecular flexibility index (Phi) is 6.28. The predicted molar refractivity (Wildman–Crippen MR) is 101 cm³/mol. The summed E-state index contributed by atoms with van der Waals surface area (Å²) < 4.78 is 0. The van der Waals surface area contributed by atoms with E-state index in [2.05, 4.69) is 0 Å². The lowest BCUT2D eigenvalue weighted by molar-refractivity contribution is -0.122. The third-order valence-electron chi connectivity index (χ3n) is 4.24. The number of nitrogens with zero attached hydrogens (tertiary/aromatic N) is 1. The van der Waals surface area contributed by atoms with Crippen LogP contribution >= 0.6 is 0 Å². The Morgan fingerprint density at radius 2 is 1.38 bits per heavy atom. The number of amides is 2. The summed E-state index contributed by atoms with van der Waals surface area (Å²) >= 11 is 0. The van der Waals surface area contributed by atoms with E-state index in [1.54, 1.807) is 55.6 Å². The van der Waals surface area contributed by atoms with Crippen molar-refractivity contribution < 1.29 is 14.4 Å². The third kappa shape index (κ3) is 4.57. The summed E-state index contributed by atoms with van der Waals surface area (Å²) in [6.45, 7) is 3.94. The Labute approximate surface area is 153 Å². The van der Waals surface area contributed by atoms with Gasteiger partial charge in [-0.25, -0.2) is 0 Å². The van der Waals surface area contributed by atoms with Gasteiger partial charge in [-0.1, -0.05) is 56.3 Å². The van der Waals surface area contributed by atoms with Crippen molar-refractivity contribution in [1.29, 1.82) is 0 Å². The highest BCUT2D eigenvalue weighted by molar-refractivity contribution is 6.09. The highest BCUT2D eigenvalue weighted by Crippen LogP contribution is 2.16. The smallest absolute Gasteiger partial charge is 0.254 e. The van der Waals surface area contributed by atoms with Crippen LogP contribution in [-0.2, 0) is 4.79 Å². The minimum Gasteiger partial charge on any atom is -0.368 e. The van der Waals surface area contributed by atoms with E-state index in [9.17, 15) is 14.4 Å². The molecule has 5 nitrogen and oxygen atoms in total. The van der Waals surface area contributed by atoms with Crippen LogP contribution in [0.15, 0.2) is 54.6 Å². The quantitative estimate of drug-likeness (QED) is 0.778. The molecule has 2 aromatic rings. The molecule has 0 aliphatic heterocycles. The molecule has 0 aromatic heterocycles. The molecule has 0 saturated heterocycles. The average molecular weight is 352 g/mol. The van der Waals surface area contributed by atoms with Gasteiger partial charge in [0.05, 0.1) is 0 Å². The fourth-order valence-electron chi connectivity index (χ4n) is 2.78. The molecule has 2 N–H and O–H groups in total. The molecule has 0 aliphatic carbocycles. The van der Waals surface area contributed by atoms with E-state index in [1.807, 2.05) is 19.9 Å². The summed E-state index contributed by atoms with van der Waals surface area (Å²) in [4.78, 5) is 38.1. The van der Waals surface area contributed by atoms with Crippen LogP contribution in [0.2, 0.25) is 0 Å². The van der Waals surface area contributed by atoms with Crippen LogP contribution in [0.25, 0.3) is 0 Å². The van der Waals surface area contributed by atoms with E-state index in [0.29, 0.717) is 23.1 Å². The highest BCUT2D eigenvalue weighted by Gasteiger charge is 2.26. The van der Waals surface area contributed by atoms with Gasteiger partial charge in [0.2, 0.25) is 5.91 Å². The van der Waals surface area contributed by atoms with Gasteiger partial charge in [-0.15, -0.1) is 0 Å². The summed E-state index contributed by atoms with van der Waals surface area (Å²) in [7, 11) is 1.57. The maximum Gasteiger partial charge on any atom is 0.254 e. The van der Waals surface area contributed by atoms with Gasteiger partial charge in [0, 0.05) is 23.7 Å². The predicted octanol–water partition coefficient (Wildman–Crippen LogP) is 2.89. The van der Waals surface area contributed by atoms with Crippen molar-refractivity contribution in [3.8, 4) is 0 Å². The molecule has 136 valence electrons. The Balaban J connectivity index is 2.17. The normalized spacial score (nSPS) is 11.8. The monoisotopic (exact) mass is 352 g/mol. The number of nitrogens with two attached hydrogens (primary N) is 1. The van der Waals surface area contributed by atoms with Crippen molar-refractivity contribution in [2.45, 2.75) is 26.3 Å². The molecule has 0 heterocycles. The first-order chi connectivity index (χ1) is 12.3. The van der Waals surface area contributed by atoms with Gasteiger partial charge >= 0.3 is 0 Å². The summed E-state index contributed by atoms with van der Waals surface area (Å²) in [6, 6.07) is 14.7. The molecular formula is C21H24N2O3. The first-order valence-corrected chi connectivity index (χ1v) is 8.57. The molecule has 0 aliphatic rings. The Hall–Kier alpha value is -2.95. The molecule has 0 bridgehead atoms. The number of hydrogen-bond acceptors (Lipinski definition) is 3. The molecule has 5 heteroatoms. The molecular weight excluding hydrogens is 328 g/mol. The van der Waals surface area contributed by atoms with Gasteiger partial charge in [-0.05, 0) is 24.5 Å². The van der Waals surface area contributed by atoms with Crippen molar-refractivity contribution in [2.75, 3.05) is 7.05 Å². The minimum absolute atomic E-state index is 0.104. The molecule has 0 radical (unpaired) electrons. The summed E-state index contributed by atoms with van der Waals surface area (Å²) in [5.41, 5.74) is 6.96. The first-order valence-electron chi connectivity index (χ1n) is 8.57. The van der Waals surface area contributed by atoms with E-state index in [4.69, 9.17) is 5.73 Å². The van der Waals surface area contributed by atoms with Crippen LogP contribution < -0.4 is 5.73 Å². The third-order valence-corrected chi connectivity index (χ3v) is 4.24. The number of carbonyl (C=O) groups excluding carboxylic acids is 3. The van der Waals surface area contributed by atoms with Crippen molar-refractivity contribution in [3.05, 3.63) is 71.3 Å². The molecule has 0 fully saturated rings. The second kappa shape index (κ2) is 8.43. The molecule has 0 saturated carbocycles. The van der Waals surface area contributed by atoms with Crippen LogP contribution in [0.4, 0.5) is 0 Å². The first kappa shape index (κ1) is 19.4. The van der Waals surface area contributed by atoms with Gasteiger partial charge in [0.15, 0.2) is 5.78 Å². The van der Waals surface area contributed by atoms with E-state index in [0.717, 1.165) is 0 Å². The maximum absolute atomic E-state index is 12.7. The maximum atomic E-state index is 12.7. The lowest BCUT2D eigenvalue weighted by atomic mass is 10.00. The Morgan fingerprint density at radius 1 is 0.885 bits per heavy atom. The highest BCUT2D eigenvalue weighted by atomic mass is 16.2. The Bertz CT molecular complexity index is 783. The fraction of sp³-hybridized carbons (Fsp3) is 0.286. The van der Waals surface area contributed by atoms with Crippen molar-refractivity contribution in [3.63, 3.8) is 0 Å². The molecule has 26 heavy (non-hydrogen) atoms. The summed E-state index contributed by atoms with van der Waals surface area (Å²) in [6.07, 6.45) is 0.502. The zero-order chi connectivity index (χ0) is 19.3. The van der Waals surface area contributed by atoms with Gasteiger partial charge < -0.3 is 10.6 Å². The van der Waals surface area contributed by atoms with E-state index < -0.39 is 11.9 Å². The second-order valence-electron chi connectivity index (χ2n) is 6.74.